The molecule has 0 unspecified atom stereocenters. The van der Waals surface area contributed by atoms with Crippen molar-refractivity contribution in [1.82, 2.24) is 9.78 Å². The molecule has 0 fully saturated rings. The molecule has 0 spiro atoms. The van der Waals surface area contributed by atoms with Gasteiger partial charge in [-0.2, -0.15) is 22.7 Å². The number of alkyl halides is 4. The Balaban J connectivity index is 2.14. The summed E-state index contributed by atoms with van der Waals surface area (Å²) in [5.74, 6) is -0.726. The number of benzene rings is 1. The largest absolute Gasteiger partial charge is 0.461 e. The van der Waals surface area contributed by atoms with Crippen molar-refractivity contribution in [2.45, 2.75) is 32.9 Å². The molecule has 2 rings (SSSR count). The maximum Gasteiger partial charge on any atom is 0.461 e. The van der Waals surface area contributed by atoms with Crippen LogP contribution in [0.1, 0.15) is 28.5 Å². The smallest absolute Gasteiger partial charge is 0.428 e. The molecule has 0 saturated heterocycles. The number of carbonyl (C=O) groups is 1. The van der Waals surface area contributed by atoms with E-state index in [0.29, 0.717) is 23.4 Å². The molecule has 0 atom stereocenters. The van der Waals surface area contributed by atoms with Crippen molar-refractivity contribution in [3.63, 3.8) is 0 Å². The molecule has 2 aromatic rings. The number of nitrogens with zero attached hydrogens (tertiary/aromatic N) is 2. The lowest BCUT2D eigenvalue weighted by molar-refractivity contribution is -0.253. The molecule has 1 aromatic carbocycles. The maximum atomic E-state index is 12.9. The molecule has 0 saturated carbocycles. The number of rotatable bonds is 7. The third-order valence-corrected chi connectivity index (χ3v) is 3.46. The van der Waals surface area contributed by atoms with E-state index in [1.807, 2.05) is 6.92 Å². The first kappa shape index (κ1) is 18.7. The molecular formula is C17H16F4N2O2. The minimum absolute atomic E-state index is 0.304. The summed E-state index contributed by atoms with van der Waals surface area (Å²) in [5, 5.41) is 4.07. The Morgan fingerprint density at radius 2 is 2.12 bits per heavy atom. The summed E-state index contributed by atoms with van der Waals surface area (Å²) in [6, 6.07) is 5.16. The fourth-order valence-electron chi connectivity index (χ4n) is 2.15. The maximum absolute atomic E-state index is 12.9. The molecule has 8 heteroatoms. The van der Waals surface area contributed by atoms with E-state index in [-0.39, 0.29) is 5.78 Å². The van der Waals surface area contributed by atoms with E-state index in [0.717, 1.165) is 12.1 Å². The molecule has 4 nitrogen and oxygen atoms in total. The molecular weight excluding hydrogens is 340 g/mol. The van der Waals surface area contributed by atoms with Crippen LogP contribution < -0.4 is 4.74 Å². The van der Waals surface area contributed by atoms with Crippen LogP contribution in [0.15, 0.2) is 36.5 Å². The minimum Gasteiger partial charge on any atom is -0.428 e. The predicted octanol–water partition coefficient (Wildman–Crippen LogP) is 4.34. The summed E-state index contributed by atoms with van der Waals surface area (Å²) in [4.78, 5) is 12.2. The average Bonchev–Trinajstić information content (AvgIpc) is 2.93. The lowest BCUT2D eigenvalue weighted by Gasteiger charge is -2.16. The lowest BCUT2D eigenvalue weighted by Crippen LogP contribution is -2.33. The second-order valence-electron chi connectivity index (χ2n) is 5.19. The van der Waals surface area contributed by atoms with Crippen LogP contribution in [-0.2, 0) is 6.54 Å². The zero-order chi connectivity index (χ0) is 18.6. The van der Waals surface area contributed by atoms with E-state index in [1.54, 1.807) is 11.6 Å². The van der Waals surface area contributed by atoms with Crippen LogP contribution >= 0.6 is 0 Å². The summed E-state index contributed by atoms with van der Waals surface area (Å²) < 4.78 is 55.9. The number of hydrogen-bond acceptors (Lipinski definition) is 3. The van der Waals surface area contributed by atoms with Crippen molar-refractivity contribution >= 4 is 11.9 Å². The number of ketones is 1. The lowest BCUT2D eigenvalue weighted by atomic mass is 10.1. The SMILES string of the molecule is CCn1ncc(C(=O)/C=C/c2cccc(OC(F)(F)C(F)F)c2)c1C. The van der Waals surface area contributed by atoms with Gasteiger partial charge in [0.05, 0.1) is 11.8 Å². The van der Waals surface area contributed by atoms with Crippen molar-refractivity contribution in [2.24, 2.45) is 0 Å². The molecule has 0 N–H and O–H groups in total. The number of aryl methyl sites for hydroxylation is 1. The molecule has 134 valence electrons. The van der Waals surface area contributed by atoms with Gasteiger partial charge in [0.25, 0.3) is 0 Å². The number of allylic oxidation sites excluding steroid dienone is 1. The highest BCUT2D eigenvalue weighted by Gasteiger charge is 2.43. The Kier molecular flexibility index (Phi) is 5.61. The Bertz CT molecular complexity index is 785. The molecule has 0 aliphatic heterocycles. The highest BCUT2D eigenvalue weighted by Crippen LogP contribution is 2.28. The predicted molar refractivity (Wildman–Crippen MR) is 84.0 cm³/mol. The zero-order valence-corrected chi connectivity index (χ0v) is 13.5. The second-order valence-corrected chi connectivity index (χ2v) is 5.19. The normalized spacial score (nSPS) is 12.1. The van der Waals surface area contributed by atoms with Crippen molar-refractivity contribution < 1.29 is 27.1 Å². The molecule has 0 aliphatic rings. The van der Waals surface area contributed by atoms with Crippen molar-refractivity contribution in [3.8, 4) is 5.75 Å². The monoisotopic (exact) mass is 356 g/mol. The van der Waals surface area contributed by atoms with Gasteiger partial charge in [0.1, 0.15) is 5.75 Å². The molecule has 1 heterocycles. The van der Waals surface area contributed by atoms with Gasteiger partial charge in [-0.25, -0.2) is 0 Å². The highest BCUT2D eigenvalue weighted by molar-refractivity contribution is 6.07. The van der Waals surface area contributed by atoms with Crippen molar-refractivity contribution in [3.05, 3.63) is 53.4 Å². The number of carbonyl (C=O) groups excluding carboxylic acids is 1. The fraction of sp³-hybridized carbons (Fsp3) is 0.294. The van der Waals surface area contributed by atoms with E-state index in [4.69, 9.17) is 0 Å². The Morgan fingerprint density at radius 3 is 2.72 bits per heavy atom. The van der Waals surface area contributed by atoms with Gasteiger partial charge in [0, 0.05) is 12.2 Å². The van der Waals surface area contributed by atoms with E-state index >= 15 is 0 Å². The summed E-state index contributed by atoms with van der Waals surface area (Å²) in [5.41, 5.74) is 1.50. The van der Waals surface area contributed by atoms with E-state index < -0.39 is 18.3 Å². The molecule has 0 aliphatic carbocycles. The number of ether oxygens (including phenoxy) is 1. The molecule has 1 aromatic heterocycles. The number of hydrogen-bond donors (Lipinski definition) is 0. The van der Waals surface area contributed by atoms with Gasteiger partial charge < -0.3 is 4.74 Å². The van der Waals surface area contributed by atoms with Gasteiger partial charge in [-0.1, -0.05) is 18.2 Å². The topological polar surface area (TPSA) is 44.1 Å². The van der Waals surface area contributed by atoms with Crippen LogP contribution in [0.3, 0.4) is 0 Å². The first-order chi connectivity index (χ1) is 11.7. The quantitative estimate of drug-likeness (QED) is 0.421. The van der Waals surface area contributed by atoms with Crippen LogP contribution in [0, 0.1) is 6.92 Å². The Labute approximate surface area is 141 Å². The third-order valence-electron chi connectivity index (χ3n) is 3.46. The number of aromatic nitrogens is 2. The molecule has 25 heavy (non-hydrogen) atoms. The van der Waals surface area contributed by atoms with Crippen molar-refractivity contribution in [1.29, 1.82) is 0 Å². The van der Waals surface area contributed by atoms with Crippen LogP contribution in [0.2, 0.25) is 0 Å². The molecule has 0 amide bonds. The average molecular weight is 356 g/mol. The van der Waals surface area contributed by atoms with Gasteiger partial charge in [-0.05, 0) is 37.6 Å². The highest BCUT2D eigenvalue weighted by atomic mass is 19.3. The van der Waals surface area contributed by atoms with Gasteiger partial charge in [-0.3, -0.25) is 9.48 Å². The first-order valence-electron chi connectivity index (χ1n) is 7.44. The van der Waals surface area contributed by atoms with Gasteiger partial charge in [-0.15, -0.1) is 0 Å². The van der Waals surface area contributed by atoms with Crippen LogP contribution in [0.25, 0.3) is 6.08 Å². The van der Waals surface area contributed by atoms with E-state index in [9.17, 15) is 22.4 Å². The Morgan fingerprint density at radius 1 is 1.40 bits per heavy atom. The minimum atomic E-state index is -4.58. The van der Waals surface area contributed by atoms with Gasteiger partial charge >= 0.3 is 12.5 Å². The molecule has 0 radical (unpaired) electrons. The molecule has 0 bridgehead atoms. The van der Waals surface area contributed by atoms with Gasteiger partial charge in [0.2, 0.25) is 0 Å². The standard InChI is InChI=1S/C17H16F4N2O2/c1-3-23-11(2)14(10-22-23)15(24)8-7-12-5-4-6-13(9-12)25-17(20,21)16(18)19/h4-10,16H,3H2,1-2H3/b8-7+. The van der Waals surface area contributed by atoms with Crippen molar-refractivity contribution in [2.75, 3.05) is 0 Å². The summed E-state index contributed by atoms with van der Waals surface area (Å²) >= 11 is 0. The first-order valence-corrected chi connectivity index (χ1v) is 7.44. The summed E-state index contributed by atoms with van der Waals surface area (Å²) in [6.07, 6.45) is -4.42. The van der Waals surface area contributed by atoms with Crippen LogP contribution in [0.5, 0.6) is 5.75 Å². The summed E-state index contributed by atoms with van der Waals surface area (Å²) in [6.45, 7) is 4.28. The van der Waals surface area contributed by atoms with E-state index in [1.165, 1.54) is 30.5 Å². The fourth-order valence-corrected chi connectivity index (χ4v) is 2.15. The second kappa shape index (κ2) is 7.50. The van der Waals surface area contributed by atoms with E-state index in [2.05, 4.69) is 9.84 Å². The van der Waals surface area contributed by atoms with Gasteiger partial charge in [0.15, 0.2) is 5.78 Å². The zero-order valence-electron chi connectivity index (χ0n) is 13.5. The third kappa shape index (κ3) is 4.46. The van der Waals surface area contributed by atoms with Crippen LogP contribution in [-0.4, -0.2) is 28.1 Å². The summed E-state index contributed by atoms with van der Waals surface area (Å²) in [7, 11) is 0. The number of halogens is 4. The van der Waals surface area contributed by atoms with Crippen LogP contribution in [0.4, 0.5) is 17.6 Å². The Hall–Kier alpha value is -2.64.